The molecule has 21 heavy (non-hydrogen) atoms. The summed E-state index contributed by atoms with van der Waals surface area (Å²) < 4.78 is 10.7. The zero-order chi connectivity index (χ0) is 15.2. The molecular weight excluding hydrogens is 339 g/mol. The monoisotopic (exact) mass is 347 g/mol. The second kappa shape index (κ2) is 7.53. The number of nitrogens with zero attached hydrogens (tertiary/aromatic N) is 2. The number of hydrogen-bond donors (Lipinski definition) is 0. The molecule has 0 radical (unpaired) electrons. The van der Waals surface area contributed by atoms with Crippen LogP contribution < -0.4 is 9.84 Å². The van der Waals surface area contributed by atoms with Gasteiger partial charge in [0, 0.05) is 16.7 Å². The Kier molecular flexibility index (Phi) is 5.72. The molecule has 0 saturated heterocycles. The van der Waals surface area contributed by atoms with Gasteiger partial charge in [-0.2, -0.15) is 0 Å². The fourth-order valence-corrected chi connectivity index (χ4v) is 2.47. The molecule has 0 amide bonds. The SMILES string of the molecule is O=C([O-])CCSc1nnc(COc2ccc(Cl)cc2Cl)o1. The Morgan fingerprint density at radius 2 is 2.19 bits per heavy atom. The van der Waals surface area contributed by atoms with Crippen LogP contribution in [-0.4, -0.2) is 21.9 Å². The number of carbonyl (C=O) groups excluding carboxylic acids is 1. The Hall–Kier alpha value is -1.44. The van der Waals surface area contributed by atoms with Gasteiger partial charge in [0.05, 0.1) is 5.02 Å². The first-order valence-corrected chi connectivity index (χ1v) is 7.51. The number of ether oxygens (including phenoxy) is 1. The Bertz CT molecular complexity index is 635. The minimum Gasteiger partial charge on any atom is -0.550 e. The van der Waals surface area contributed by atoms with Crippen molar-refractivity contribution in [1.29, 1.82) is 0 Å². The third-order valence-electron chi connectivity index (χ3n) is 2.23. The fourth-order valence-electron chi connectivity index (χ4n) is 1.31. The van der Waals surface area contributed by atoms with Crippen molar-refractivity contribution in [2.45, 2.75) is 18.3 Å². The van der Waals surface area contributed by atoms with Gasteiger partial charge < -0.3 is 19.1 Å². The number of aromatic nitrogens is 2. The highest BCUT2D eigenvalue weighted by atomic mass is 35.5. The molecule has 0 fully saturated rings. The van der Waals surface area contributed by atoms with Crippen LogP contribution in [0.5, 0.6) is 5.75 Å². The maximum absolute atomic E-state index is 10.3. The van der Waals surface area contributed by atoms with Crippen LogP contribution >= 0.6 is 35.0 Å². The molecule has 1 heterocycles. The summed E-state index contributed by atoms with van der Waals surface area (Å²) in [6, 6.07) is 4.85. The van der Waals surface area contributed by atoms with Crippen molar-refractivity contribution in [3.05, 3.63) is 34.1 Å². The average molecular weight is 348 g/mol. The van der Waals surface area contributed by atoms with E-state index in [0.29, 0.717) is 21.5 Å². The predicted molar refractivity (Wildman–Crippen MR) is 75.4 cm³/mol. The highest BCUT2D eigenvalue weighted by Gasteiger charge is 2.09. The number of thioether (sulfide) groups is 1. The summed E-state index contributed by atoms with van der Waals surface area (Å²) >= 11 is 12.9. The van der Waals surface area contributed by atoms with E-state index < -0.39 is 5.97 Å². The smallest absolute Gasteiger partial charge is 0.276 e. The lowest BCUT2D eigenvalue weighted by molar-refractivity contribution is -0.305. The van der Waals surface area contributed by atoms with Crippen LogP contribution in [0.3, 0.4) is 0 Å². The maximum atomic E-state index is 10.3. The molecule has 9 heteroatoms. The molecule has 0 spiro atoms. The van der Waals surface area contributed by atoms with Gasteiger partial charge in [0.25, 0.3) is 11.1 Å². The Labute approximate surface area is 134 Å². The number of rotatable bonds is 7. The number of carboxylic acids is 1. The Morgan fingerprint density at radius 1 is 1.38 bits per heavy atom. The zero-order valence-corrected chi connectivity index (χ0v) is 12.9. The molecule has 112 valence electrons. The third kappa shape index (κ3) is 5.11. The van der Waals surface area contributed by atoms with E-state index in [0.717, 1.165) is 11.8 Å². The van der Waals surface area contributed by atoms with E-state index in [9.17, 15) is 9.90 Å². The van der Waals surface area contributed by atoms with Gasteiger partial charge in [-0.3, -0.25) is 0 Å². The highest BCUT2D eigenvalue weighted by Crippen LogP contribution is 2.28. The zero-order valence-electron chi connectivity index (χ0n) is 10.5. The van der Waals surface area contributed by atoms with Gasteiger partial charge in [-0.25, -0.2) is 0 Å². The first-order chi connectivity index (χ1) is 10.0. The van der Waals surface area contributed by atoms with Gasteiger partial charge in [-0.05, 0) is 24.6 Å². The Balaban J connectivity index is 1.86. The van der Waals surface area contributed by atoms with Crippen molar-refractivity contribution in [1.82, 2.24) is 10.2 Å². The molecule has 0 aliphatic rings. The molecule has 0 N–H and O–H groups in total. The van der Waals surface area contributed by atoms with Gasteiger partial charge >= 0.3 is 0 Å². The molecule has 0 unspecified atom stereocenters. The van der Waals surface area contributed by atoms with Gasteiger partial charge in [0.15, 0.2) is 6.61 Å². The van der Waals surface area contributed by atoms with E-state index in [2.05, 4.69) is 10.2 Å². The summed E-state index contributed by atoms with van der Waals surface area (Å²) in [4.78, 5) is 10.3. The van der Waals surface area contributed by atoms with Crippen molar-refractivity contribution in [2.24, 2.45) is 0 Å². The molecule has 6 nitrogen and oxygen atoms in total. The molecule has 2 aromatic rings. The van der Waals surface area contributed by atoms with E-state index >= 15 is 0 Å². The predicted octanol–water partition coefficient (Wildman–Crippen LogP) is 2.19. The molecular formula is C12H9Cl2N2O4S-. The summed E-state index contributed by atoms with van der Waals surface area (Å²) in [7, 11) is 0. The summed E-state index contributed by atoms with van der Waals surface area (Å²) in [5, 5.41) is 19.0. The summed E-state index contributed by atoms with van der Waals surface area (Å²) in [5.41, 5.74) is 0. The van der Waals surface area contributed by atoms with Gasteiger partial charge in [-0.15, -0.1) is 10.2 Å². The molecule has 0 saturated carbocycles. The summed E-state index contributed by atoms with van der Waals surface area (Å²) in [5.74, 6) is -0.112. The van der Waals surface area contributed by atoms with Crippen molar-refractivity contribution in [2.75, 3.05) is 5.75 Å². The van der Waals surface area contributed by atoms with Crippen LogP contribution in [0.4, 0.5) is 0 Å². The van der Waals surface area contributed by atoms with Crippen LogP contribution in [-0.2, 0) is 11.4 Å². The second-order valence-corrected chi connectivity index (χ2v) is 5.69. The van der Waals surface area contributed by atoms with E-state index in [1.165, 1.54) is 0 Å². The highest BCUT2D eigenvalue weighted by molar-refractivity contribution is 7.99. The second-order valence-electron chi connectivity index (χ2n) is 3.80. The van der Waals surface area contributed by atoms with Crippen LogP contribution in [0.1, 0.15) is 12.3 Å². The lowest BCUT2D eigenvalue weighted by Gasteiger charge is -2.05. The van der Waals surface area contributed by atoms with Gasteiger partial charge in [0.2, 0.25) is 0 Å². The van der Waals surface area contributed by atoms with E-state index in [4.69, 9.17) is 32.4 Å². The molecule has 2 rings (SSSR count). The van der Waals surface area contributed by atoms with Crippen LogP contribution in [0.15, 0.2) is 27.8 Å². The number of carboxylic acid groups (broad SMARTS) is 1. The summed E-state index contributed by atoms with van der Waals surface area (Å²) in [6.07, 6.45) is -0.0841. The number of carbonyl (C=O) groups is 1. The molecule has 0 bridgehead atoms. The molecule has 1 aromatic carbocycles. The standard InChI is InChI=1S/C12H10Cl2N2O4S/c13-7-1-2-9(8(14)5-7)19-6-10-15-16-12(20-10)21-4-3-11(17)18/h1-2,5H,3-4,6H2,(H,17,18)/p-1. The summed E-state index contributed by atoms with van der Waals surface area (Å²) in [6.45, 7) is 0.0510. The van der Waals surface area contributed by atoms with Crippen molar-refractivity contribution in [3.8, 4) is 5.75 Å². The lowest BCUT2D eigenvalue weighted by Crippen LogP contribution is -2.22. The van der Waals surface area contributed by atoms with Crippen LogP contribution in [0, 0.1) is 0 Å². The minimum absolute atomic E-state index is 0.0510. The first-order valence-electron chi connectivity index (χ1n) is 5.77. The number of aliphatic carboxylic acids is 1. The number of hydrogen-bond acceptors (Lipinski definition) is 7. The number of benzene rings is 1. The first kappa shape index (κ1) is 15.9. The van der Waals surface area contributed by atoms with Crippen LogP contribution in [0.25, 0.3) is 0 Å². The largest absolute Gasteiger partial charge is 0.550 e. The van der Waals surface area contributed by atoms with E-state index in [1.54, 1.807) is 18.2 Å². The van der Waals surface area contributed by atoms with E-state index in [1.807, 2.05) is 0 Å². The van der Waals surface area contributed by atoms with Crippen LogP contribution in [0.2, 0.25) is 10.0 Å². The quantitative estimate of drug-likeness (QED) is 0.709. The molecule has 0 atom stereocenters. The minimum atomic E-state index is -1.12. The topological polar surface area (TPSA) is 88.3 Å². The number of halogens is 2. The lowest BCUT2D eigenvalue weighted by atomic mass is 10.3. The van der Waals surface area contributed by atoms with Crippen molar-refractivity contribution < 1.29 is 19.1 Å². The van der Waals surface area contributed by atoms with Gasteiger partial charge in [-0.1, -0.05) is 35.0 Å². The molecule has 1 aromatic heterocycles. The normalized spacial score (nSPS) is 10.6. The van der Waals surface area contributed by atoms with Crippen molar-refractivity contribution >= 4 is 40.9 Å². The Morgan fingerprint density at radius 3 is 2.90 bits per heavy atom. The maximum Gasteiger partial charge on any atom is 0.276 e. The van der Waals surface area contributed by atoms with Crippen molar-refractivity contribution in [3.63, 3.8) is 0 Å². The van der Waals surface area contributed by atoms with E-state index in [-0.39, 0.29) is 24.1 Å². The average Bonchev–Trinajstić information content (AvgIpc) is 2.85. The molecule has 0 aliphatic carbocycles. The fraction of sp³-hybridized carbons (Fsp3) is 0.250. The van der Waals surface area contributed by atoms with Gasteiger partial charge in [0.1, 0.15) is 5.75 Å². The third-order valence-corrected chi connectivity index (χ3v) is 3.58. The molecule has 0 aliphatic heterocycles.